The van der Waals surface area contributed by atoms with E-state index in [4.69, 9.17) is 4.74 Å². The Morgan fingerprint density at radius 2 is 2.27 bits per heavy atom. The number of likely N-dealkylation sites (tertiary alicyclic amines) is 1. The van der Waals surface area contributed by atoms with Crippen LogP contribution in [0.3, 0.4) is 0 Å². The Bertz CT molecular complexity index is 206. The van der Waals surface area contributed by atoms with Gasteiger partial charge in [0.1, 0.15) is 6.10 Å². The zero-order valence-electron chi connectivity index (χ0n) is 9.95. The Morgan fingerprint density at radius 1 is 1.60 bits per heavy atom. The Hall–Kier alpha value is -0.770. The average molecular weight is 216 g/mol. The zero-order valence-corrected chi connectivity index (χ0v) is 9.95. The lowest BCUT2D eigenvalue weighted by atomic mass is 10.1. The molecule has 0 atom stereocenters. The fraction of sp³-hybridized carbons (Fsp3) is 0.909. The second kappa shape index (κ2) is 5.95. The van der Waals surface area contributed by atoms with Crippen LogP contribution in [0.5, 0.6) is 0 Å². The number of amides is 1. The van der Waals surface area contributed by atoms with Gasteiger partial charge in [-0.15, -0.1) is 0 Å². The largest absolute Gasteiger partial charge is 0.444 e. The van der Waals surface area contributed by atoms with E-state index < -0.39 is 0 Å². The Morgan fingerprint density at radius 3 is 2.80 bits per heavy atom. The highest BCUT2D eigenvalue weighted by Crippen LogP contribution is 2.12. The predicted molar refractivity (Wildman–Crippen MR) is 62.0 cm³/mol. The van der Waals surface area contributed by atoms with Crippen LogP contribution in [0.2, 0.25) is 0 Å². The number of hydrogen-bond donors (Lipinski definition) is 1. The van der Waals surface area contributed by atoms with E-state index in [0.717, 1.165) is 19.6 Å². The van der Waals surface area contributed by atoms with Crippen LogP contribution in [0.15, 0.2) is 0 Å². The number of hydrogen-bond acceptors (Lipinski definition) is 3. The first kappa shape index (κ1) is 12.3. The Kier molecular flexibility index (Phi) is 4.88. The highest BCUT2D eigenvalue weighted by Gasteiger charge is 2.29. The van der Waals surface area contributed by atoms with Crippen LogP contribution >= 0.6 is 0 Å². The van der Waals surface area contributed by atoms with Crippen LogP contribution in [-0.4, -0.2) is 42.8 Å². The summed E-state index contributed by atoms with van der Waals surface area (Å²) in [6.45, 7) is 8.95. The van der Waals surface area contributed by atoms with Crippen LogP contribution in [-0.2, 0) is 4.74 Å². The van der Waals surface area contributed by atoms with E-state index in [-0.39, 0.29) is 19.7 Å². The molecular weight excluding hydrogens is 192 g/mol. The van der Waals surface area contributed by atoms with Crippen molar-refractivity contribution in [2.45, 2.75) is 45.8 Å². The minimum Gasteiger partial charge on any atom is -0.444 e. The molecule has 0 unspecified atom stereocenters. The van der Waals surface area contributed by atoms with Crippen molar-refractivity contribution in [2.24, 2.45) is 0 Å². The third kappa shape index (κ3) is 4.51. The third-order valence-corrected chi connectivity index (χ3v) is 2.43. The van der Waals surface area contributed by atoms with Crippen molar-refractivity contribution in [1.29, 1.82) is 0 Å². The van der Waals surface area contributed by atoms with Gasteiger partial charge in [0.25, 0.3) is 0 Å². The van der Waals surface area contributed by atoms with Gasteiger partial charge in [-0.05, 0) is 26.8 Å². The molecule has 1 saturated heterocycles. The first-order valence-electron chi connectivity index (χ1n) is 5.81. The molecule has 1 fully saturated rings. The number of alkyl carbamates (subject to hydrolysis) is 1. The number of carbonyl (C=O) groups excluding carboxylic acids is 1. The van der Waals surface area contributed by atoms with Gasteiger partial charge in [-0.2, -0.15) is 0 Å². The number of rotatable bonds is 5. The van der Waals surface area contributed by atoms with Crippen molar-refractivity contribution >= 4 is 6.09 Å². The summed E-state index contributed by atoms with van der Waals surface area (Å²) in [6, 6.07) is 0.147. The van der Waals surface area contributed by atoms with Gasteiger partial charge in [0.15, 0.2) is 0 Å². The summed E-state index contributed by atoms with van der Waals surface area (Å²) >= 11 is 0. The number of nitrogens with one attached hydrogen (secondary N) is 1. The van der Waals surface area contributed by atoms with E-state index >= 15 is 0 Å². The SMILES string of the molecule is CCCCN1CC(OC(=O)NC(C)C)C1.[HH]. The molecule has 1 aliphatic heterocycles. The molecule has 0 saturated carbocycles. The molecule has 90 valence electrons. The van der Waals surface area contributed by atoms with Gasteiger partial charge < -0.3 is 10.1 Å². The van der Waals surface area contributed by atoms with Crippen molar-refractivity contribution in [3.05, 3.63) is 0 Å². The van der Waals surface area contributed by atoms with Gasteiger partial charge in [-0.3, -0.25) is 4.90 Å². The molecule has 1 N–H and O–H groups in total. The van der Waals surface area contributed by atoms with Gasteiger partial charge in [0.2, 0.25) is 0 Å². The summed E-state index contributed by atoms with van der Waals surface area (Å²) in [4.78, 5) is 13.5. The van der Waals surface area contributed by atoms with Crippen molar-refractivity contribution in [3.8, 4) is 0 Å². The monoisotopic (exact) mass is 216 g/mol. The minimum atomic E-state index is -0.287. The number of ether oxygens (including phenoxy) is 1. The fourth-order valence-corrected chi connectivity index (χ4v) is 1.58. The molecule has 0 spiro atoms. The van der Waals surface area contributed by atoms with Crippen LogP contribution in [0, 0.1) is 0 Å². The maximum Gasteiger partial charge on any atom is 0.407 e. The van der Waals surface area contributed by atoms with Crippen molar-refractivity contribution in [1.82, 2.24) is 10.2 Å². The lowest BCUT2D eigenvalue weighted by molar-refractivity contribution is -0.0139. The van der Waals surface area contributed by atoms with Gasteiger partial charge >= 0.3 is 6.09 Å². The molecular formula is C11H24N2O2. The van der Waals surface area contributed by atoms with Gasteiger partial charge in [-0.1, -0.05) is 13.3 Å². The molecule has 1 heterocycles. The molecule has 0 aromatic heterocycles. The van der Waals surface area contributed by atoms with Gasteiger partial charge in [-0.25, -0.2) is 4.79 Å². The van der Waals surface area contributed by atoms with Crippen LogP contribution in [0.4, 0.5) is 4.79 Å². The van der Waals surface area contributed by atoms with Crippen molar-refractivity contribution < 1.29 is 11.0 Å². The highest BCUT2D eigenvalue weighted by molar-refractivity contribution is 5.67. The molecule has 0 radical (unpaired) electrons. The van der Waals surface area contributed by atoms with E-state index in [2.05, 4.69) is 17.1 Å². The third-order valence-electron chi connectivity index (χ3n) is 2.43. The summed E-state index contributed by atoms with van der Waals surface area (Å²) in [5.41, 5.74) is 0. The summed E-state index contributed by atoms with van der Waals surface area (Å²) < 4.78 is 5.22. The smallest absolute Gasteiger partial charge is 0.407 e. The van der Waals surface area contributed by atoms with Crippen LogP contribution in [0.25, 0.3) is 0 Å². The summed E-state index contributed by atoms with van der Waals surface area (Å²) in [6.07, 6.45) is 2.26. The molecule has 0 aromatic rings. The van der Waals surface area contributed by atoms with Crippen molar-refractivity contribution in [2.75, 3.05) is 19.6 Å². The molecule has 4 heteroatoms. The zero-order chi connectivity index (χ0) is 11.3. The topological polar surface area (TPSA) is 41.6 Å². The second-order valence-corrected chi connectivity index (χ2v) is 4.44. The lowest BCUT2D eigenvalue weighted by Crippen LogP contribution is -2.54. The predicted octanol–water partition coefficient (Wildman–Crippen LogP) is 1.85. The normalized spacial score (nSPS) is 17.6. The second-order valence-electron chi connectivity index (χ2n) is 4.44. The summed E-state index contributed by atoms with van der Waals surface area (Å²) in [5, 5.41) is 2.72. The Labute approximate surface area is 93.5 Å². The minimum absolute atomic E-state index is 0. The van der Waals surface area contributed by atoms with E-state index in [1.54, 1.807) is 0 Å². The molecule has 1 amide bonds. The highest BCUT2D eigenvalue weighted by atomic mass is 16.6. The Balaban J connectivity index is 0.00000225. The summed E-state index contributed by atoms with van der Waals surface area (Å²) in [7, 11) is 0. The first-order valence-corrected chi connectivity index (χ1v) is 5.81. The standard InChI is InChI=1S/C11H22N2O2.H2/c1-4-5-6-13-7-10(8-13)15-11(14)12-9(2)3;/h9-10H,4-8H2,1-3H3,(H,12,14);1H. The molecule has 0 aliphatic carbocycles. The maximum atomic E-state index is 11.2. The maximum absolute atomic E-state index is 11.2. The van der Waals surface area contributed by atoms with E-state index in [1.807, 2.05) is 13.8 Å². The number of carbonyl (C=O) groups is 1. The average Bonchev–Trinajstić information content (AvgIpc) is 2.07. The number of unbranched alkanes of at least 4 members (excludes halogenated alkanes) is 1. The first-order chi connectivity index (χ1) is 7.11. The molecule has 15 heavy (non-hydrogen) atoms. The van der Waals surface area contributed by atoms with Crippen LogP contribution < -0.4 is 5.32 Å². The van der Waals surface area contributed by atoms with Crippen molar-refractivity contribution in [3.63, 3.8) is 0 Å². The molecule has 0 bridgehead atoms. The summed E-state index contributed by atoms with van der Waals surface area (Å²) in [5.74, 6) is 0. The molecule has 4 nitrogen and oxygen atoms in total. The molecule has 0 aromatic carbocycles. The van der Waals surface area contributed by atoms with Crippen LogP contribution in [0.1, 0.15) is 35.0 Å². The van der Waals surface area contributed by atoms with E-state index in [9.17, 15) is 4.79 Å². The van der Waals surface area contributed by atoms with Gasteiger partial charge in [0, 0.05) is 20.6 Å². The van der Waals surface area contributed by atoms with E-state index in [0.29, 0.717) is 0 Å². The lowest BCUT2D eigenvalue weighted by Gasteiger charge is -2.38. The number of nitrogens with zero attached hydrogens (tertiary/aromatic N) is 1. The van der Waals surface area contributed by atoms with E-state index in [1.165, 1.54) is 12.8 Å². The van der Waals surface area contributed by atoms with Gasteiger partial charge in [0.05, 0.1) is 0 Å². The molecule has 1 rings (SSSR count). The quantitative estimate of drug-likeness (QED) is 0.762. The fourth-order valence-electron chi connectivity index (χ4n) is 1.58. The molecule has 1 aliphatic rings.